The van der Waals surface area contributed by atoms with Crippen LogP contribution in [0.5, 0.6) is 0 Å². The Morgan fingerprint density at radius 1 is 1.00 bits per heavy atom. The van der Waals surface area contributed by atoms with E-state index < -0.39 is 31.7 Å². The second-order valence-electron chi connectivity index (χ2n) is 6.59. The van der Waals surface area contributed by atoms with Crippen LogP contribution in [-0.4, -0.2) is 34.1 Å². The summed E-state index contributed by atoms with van der Waals surface area (Å²) >= 11 is 0. The molecule has 0 atom stereocenters. The van der Waals surface area contributed by atoms with Crippen molar-refractivity contribution in [2.24, 2.45) is 0 Å². The number of halogens is 2. The molecule has 1 aromatic heterocycles. The second-order valence-corrected chi connectivity index (χ2v) is 10.2. The van der Waals surface area contributed by atoms with E-state index in [0.29, 0.717) is 18.2 Å². The van der Waals surface area contributed by atoms with Gasteiger partial charge in [-0.3, -0.25) is 4.72 Å². The molecular weight excluding hydrogens is 436 g/mol. The molecule has 0 saturated carbocycles. The Balaban J connectivity index is 2.18. The highest BCUT2D eigenvalue weighted by Gasteiger charge is 2.24. The molecule has 7 nitrogen and oxygen atoms in total. The van der Waals surface area contributed by atoms with Crippen LogP contribution >= 0.6 is 0 Å². The van der Waals surface area contributed by atoms with Gasteiger partial charge in [-0.2, -0.15) is 0 Å². The molecule has 3 rings (SSSR count). The van der Waals surface area contributed by atoms with Crippen molar-refractivity contribution in [3.63, 3.8) is 0 Å². The maximum Gasteiger partial charge on any atom is 0.268 e. The number of hydrogen-bond acceptors (Lipinski definition) is 5. The summed E-state index contributed by atoms with van der Waals surface area (Å²) in [6, 6.07) is 9.62. The maximum atomic E-state index is 14.4. The topological polar surface area (TPSA) is 97.3 Å². The Labute approximate surface area is 173 Å². The van der Waals surface area contributed by atoms with Crippen LogP contribution < -0.4 is 10.0 Å². The van der Waals surface area contributed by atoms with Crippen molar-refractivity contribution in [1.29, 1.82) is 0 Å². The van der Waals surface area contributed by atoms with Crippen molar-refractivity contribution in [2.75, 3.05) is 18.0 Å². The fourth-order valence-corrected chi connectivity index (χ4v) is 4.93. The van der Waals surface area contributed by atoms with Gasteiger partial charge in [0.2, 0.25) is 10.0 Å². The fraction of sp³-hybridized carbons (Fsp3) is 0.158. The number of hydrogen-bond donors (Lipinski definition) is 2. The first kappa shape index (κ1) is 21.9. The summed E-state index contributed by atoms with van der Waals surface area (Å²) in [7, 11) is -6.17. The first-order valence-electron chi connectivity index (χ1n) is 8.66. The number of benzene rings is 2. The molecule has 11 heteroatoms. The molecule has 0 spiro atoms. The summed E-state index contributed by atoms with van der Waals surface area (Å²) < 4.78 is 80.4. The summed E-state index contributed by atoms with van der Waals surface area (Å²) in [5.41, 5.74) is 0.549. The highest BCUT2D eigenvalue weighted by atomic mass is 32.2. The third-order valence-corrected chi connectivity index (χ3v) is 6.40. The van der Waals surface area contributed by atoms with Gasteiger partial charge < -0.3 is 5.32 Å². The van der Waals surface area contributed by atoms with Crippen LogP contribution in [0.25, 0.3) is 11.3 Å². The Kier molecular flexibility index (Phi) is 5.97. The summed E-state index contributed by atoms with van der Waals surface area (Å²) in [4.78, 5) is -0.202. The fourth-order valence-electron chi connectivity index (χ4n) is 2.94. The smallest absolute Gasteiger partial charge is 0.268 e. The van der Waals surface area contributed by atoms with Gasteiger partial charge in [0.15, 0.2) is 0 Å². The van der Waals surface area contributed by atoms with E-state index in [1.807, 2.05) is 0 Å². The molecule has 0 aliphatic carbocycles. The van der Waals surface area contributed by atoms with Crippen LogP contribution in [-0.2, 0) is 26.6 Å². The standard InChI is InChI=1S/C19H19F2N3O4S2/c1-22-11-13-8-19(17-7-6-14(20)9-18(17)21)24(12-13)30(27,28)16-5-3-4-15(10-16)23-29(2,25)26/h3-10,12,22-23H,11H2,1-2H3. The summed E-state index contributed by atoms with van der Waals surface area (Å²) in [5.74, 6) is -1.69. The lowest BCUT2D eigenvalue weighted by Crippen LogP contribution is -2.15. The van der Waals surface area contributed by atoms with Crippen LogP contribution in [0.2, 0.25) is 0 Å². The lowest BCUT2D eigenvalue weighted by Gasteiger charge is -2.12. The SMILES string of the molecule is CNCc1cc(-c2ccc(F)cc2F)n(S(=O)(=O)c2cccc(NS(C)(=O)=O)c2)c1. The molecule has 0 fully saturated rings. The lowest BCUT2D eigenvalue weighted by atomic mass is 10.1. The third-order valence-electron chi connectivity index (χ3n) is 4.12. The van der Waals surface area contributed by atoms with Gasteiger partial charge in [-0.25, -0.2) is 29.6 Å². The van der Waals surface area contributed by atoms with Crippen LogP contribution in [0.3, 0.4) is 0 Å². The number of nitrogens with one attached hydrogen (secondary N) is 2. The van der Waals surface area contributed by atoms with Gasteiger partial charge in [0.25, 0.3) is 10.0 Å². The molecule has 3 aromatic rings. The highest BCUT2D eigenvalue weighted by Crippen LogP contribution is 2.30. The van der Waals surface area contributed by atoms with Crippen molar-refractivity contribution in [2.45, 2.75) is 11.4 Å². The number of nitrogens with zero attached hydrogens (tertiary/aromatic N) is 1. The molecule has 1 heterocycles. The van der Waals surface area contributed by atoms with Gasteiger partial charge in [-0.1, -0.05) is 6.07 Å². The van der Waals surface area contributed by atoms with E-state index in [1.54, 1.807) is 7.05 Å². The minimum atomic E-state index is -4.23. The van der Waals surface area contributed by atoms with Gasteiger partial charge in [0, 0.05) is 30.1 Å². The van der Waals surface area contributed by atoms with Crippen molar-refractivity contribution in [3.8, 4) is 11.3 Å². The zero-order chi connectivity index (χ0) is 22.1. The zero-order valence-corrected chi connectivity index (χ0v) is 17.7. The maximum absolute atomic E-state index is 14.4. The van der Waals surface area contributed by atoms with Gasteiger partial charge >= 0.3 is 0 Å². The van der Waals surface area contributed by atoms with Crippen molar-refractivity contribution >= 4 is 25.7 Å². The predicted molar refractivity (Wildman–Crippen MR) is 110 cm³/mol. The number of aromatic nitrogens is 1. The van der Waals surface area contributed by atoms with Crippen molar-refractivity contribution < 1.29 is 25.6 Å². The van der Waals surface area contributed by atoms with E-state index in [1.165, 1.54) is 36.5 Å². The lowest BCUT2D eigenvalue weighted by molar-refractivity contribution is 0.583. The van der Waals surface area contributed by atoms with E-state index >= 15 is 0 Å². The first-order chi connectivity index (χ1) is 14.0. The van der Waals surface area contributed by atoms with E-state index in [4.69, 9.17) is 0 Å². The summed E-state index contributed by atoms with van der Waals surface area (Å²) in [5, 5.41) is 2.89. The summed E-state index contributed by atoms with van der Waals surface area (Å²) in [6.45, 7) is 0.313. The van der Waals surface area contributed by atoms with E-state index in [0.717, 1.165) is 22.4 Å². The average Bonchev–Trinajstić information content (AvgIpc) is 3.05. The van der Waals surface area contributed by atoms with E-state index in [2.05, 4.69) is 10.0 Å². The average molecular weight is 456 g/mol. The van der Waals surface area contributed by atoms with Gasteiger partial charge in [0.1, 0.15) is 11.6 Å². The van der Waals surface area contributed by atoms with Gasteiger partial charge in [-0.15, -0.1) is 0 Å². The normalized spacial score (nSPS) is 12.1. The Hall–Kier alpha value is -2.76. The van der Waals surface area contributed by atoms with Crippen LogP contribution in [0.15, 0.2) is 59.6 Å². The largest absolute Gasteiger partial charge is 0.316 e. The highest BCUT2D eigenvalue weighted by molar-refractivity contribution is 7.92. The molecular formula is C19H19F2N3O4S2. The van der Waals surface area contributed by atoms with E-state index in [-0.39, 0.29) is 21.8 Å². The molecule has 30 heavy (non-hydrogen) atoms. The minimum Gasteiger partial charge on any atom is -0.316 e. The molecule has 0 radical (unpaired) electrons. The van der Waals surface area contributed by atoms with Gasteiger partial charge in [0.05, 0.1) is 16.8 Å². The Morgan fingerprint density at radius 3 is 2.37 bits per heavy atom. The Bertz CT molecular complexity index is 1300. The molecule has 0 bridgehead atoms. The third kappa shape index (κ3) is 4.69. The molecule has 0 saturated heterocycles. The molecule has 0 amide bonds. The zero-order valence-electron chi connectivity index (χ0n) is 16.1. The van der Waals surface area contributed by atoms with Gasteiger partial charge in [-0.05, 0) is 49.0 Å². The molecule has 0 aliphatic rings. The molecule has 2 aromatic carbocycles. The summed E-state index contributed by atoms with van der Waals surface area (Å²) in [6.07, 6.45) is 2.28. The number of rotatable bonds is 7. The van der Waals surface area contributed by atoms with Crippen LogP contribution in [0, 0.1) is 11.6 Å². The monoisotopic (exact) mass is 455 g/mol. The molecule has 160 valence electrons. The van der Waals surface area contributed by atoms with Crippen molar-refractivity contribution in [3.05, 3.63) is 71.9 Å². The molecule has 2 N–H and O–H groups in total. The molecule has 0 aliphatic heterocycles. The molecule has 0 unspecified atom stereocenters. The predicted octanol–water partition coefficient (Wildman–Crippen LogP) is 2.76. The van der Waals surface area contributed by atoms with Crippen LogP contribution in [0.1, 0.15) is 5.56 Å². The first-order valence-corrected chi connectivity index (χ1v) is 12.0. The Morgan fingerprint density at radius 2 is 1.73 bits per heavy atom. The quantitative estimate of drug-likeness (QED) is 0.571. The second kappa shape index (κ2) is 8.17. The van der Waals surface area contributed by atoms with Crippen LogP contribution in [0.4, 0.5) is 14.5 Å². The van der Waals surface area contributed by atoms with E-state index in [9.17, 15) is 25.6 Å². The number of sulfonamides is 1. The number of anilines is 1. The minimum absolute atomic E-state index is 0.0132. The van der Waals surface area contributed by atoms with Crippen molar-refractivity contribution in [1.82, 2.24) is 9.29 Å².